The average Bonchev–Trinajstić information content (AvgIpc) is 2.23. The highest BCUT2D eigenvalue weighted by atomic mass is 79.9. The second kappa shape index (κ2) is 4.71. The van der Waals surface area contributed by atoms with Crippen LogP contribution < -0.4 is 0 Å². The van der Waals surface area contributed by atoms with E-state index in [9.17, 15) is 0 Å². The van der Waals surface area contributed by atoms with Crippen molar-refractivity contribution in [2.45, 2.75) is 0 Å². The van der Waals surface area contributed by atoms with Gasteiger partial charge in [0.25, 0.3) is 0 Å². The molecule has 74 valence electrons. The zero-order valence-corrected chi connectivity index (χ0v) is 9.53. The number of morpholine rings is 1. The van der Waals surface area contributed by atoms with Gasteiger partial charge in [-0.15, -0.1) is 0 Å². The van der Waals surface area contributed by atoms with Gasteiger partial charge in [0.15, 0.2) is 19.3 Å². The van der Waals surface area contributed by atoms with Crippen molar-refractivity contribution in [2.75, 3.05) is 26.3 Å². The number of nitrogens with zero attached hydrogens (tertiary/aromatic N) is 1. The minimum atomic E-state index is 0.840. The van der Waals surface area contributed by atoms with E-state index in [2.05, 4.69) is 51.0 Å². The van der Waals surface area contributed by atoms with E-state index in [-0.39, 0.29) is 0 Å². The van der Waals surface area contributed by atoms with E-state index in [4.69, 9.17) is 4.74 Å². The van der Waals surface area contributed by atoms with Crippen LogP contribution in [0, 0.1) is 0 Å². The van der Waals surface area contributed by atoms with Crippen molar-refractivity contribution in [1.82, 2.24) is 0 Å². The van der Waals surface area contributed by atoms with Crippen molar-refractivity contribution >= 4 is 22.1 Å². The Morgan fingerprint density at radius 2 is 1.79 bits per heavy atom. The van der Waals surface area contributed by atoms with Crippen molar-refractivity contribution in [3.05, 3.63) is 34.3 Å². The molecule has 2 nitrogen and oxygen atoms in total. The summed E-state index contributed by atoms with van der Waals surface area (Å²) in [5.41, 5.74) is 1.25. The third-order valence-electron chi connectivity index (χ3n) is 2.25. The number of hydrogen-bond acceptors (Lipinski definition) is 1. The van der Waals surface area contributed by atoms with Gasteiger partial charge in [0.1, 0.15) is 13.2 Å². The predicted molar refractivity (Wildman–Crippen MR) is 60.1 cm³/mol. The third-order valence-corrected chi connectivity index (χ3v) is 2.78. The van der Waals surface area contributed by atoms with Crippen LogP contribution in [0.4, 0.5) is 0 Å². The lowest BCUT2D eigenvalue weighted by atomic mass is 10.2. The Bertz CT molecular complexity index is 324. The Balaban J connectivity index is 2.11. The highest BCUT2D eigenvalue weighted by Gasteiger charge is 2.10. The monoisotopic (exact) mass is 254 g/mol. The van der Waals surface area contributed by atoms with Crippen molar-refractivity contribution in [3.63, 3.8) is 0 Å². The fraction of sp³-hybridized carbons (Fsp3) is 0.364. The average molecular weight is 255 g/mol. The van der Waals surface area contributed by atoms with Crippen LogP contribution in [0.5, 0.6) is 0 Å². The summed E-state index contributed by atoms with van der Waals surface area (Å²) in [5, 5.41) is 0. The summed E-state index contributed by atoms with van der Waals surface area (Å²) in [6.45, 7) is 3.67. The second-order valence-electron chi connectivity index (χ2n) is 3.33. The molecule has 0 saturated carbocycles. The summed E-state index contributed by atoms with van der Waals surface area (Å²) >= 11 is 3.42. The zero-order valence-electron chi connectivity index (χ0n) is 7.95. The van der Waals surface area contributed by atoms with Crippen LogP contribution >= 0.6 is 15.9 Å². The smallest absolute Gasteiger partial charge is 0.170 e. The molecule has 0 amide bonds. The Kier molecular flexibility index (Phi) is 3.32. The summed E-state index contributed by atoms with van der Waals surface area (Å²) in [7, 11) is 0. The van der Waals surface area contributed by atoms with Crippen LogP contribution in [-0.4, -0.2) is 37.1 Å². The highest BCUT2D eigenvalue weighted by Crippen LogP contribution is 2.09. The molecule has 1 fully saturated rings. The summed E-state index contributed by atoms with van der Waals surface area (Å²) in [5.74, 6) is 0. The minimum Gasteiger partial charge on any atom is -0.368 e. The van der Waals surface area contributed by atoms with E-state index in [1.54, 1.807) is 0 Å². The fourth-order valence-corrected chi connectivity index (χ4v) is 1.73. The van der Waals surface area contributed by atoms with Gasteiger partial charge in [-0.2, -0.15) is 0 Å². The molecule has 0 unspecified atom stereocenters. The maximum absolute atomic E-state index is 5.29. The maximum Gasteiger partial charge on any atom is 0.170 e. The van der Waals surface area contributed by atoms with Crippen LogP contribution in [0.15, 0.2) is 28.7 Å². The largest absolute Gasteiger partial charge is 0.368 e. The molecule has 0 atom stereocenters. The van der Waals surface area contributed by atoms with Crippen LogP contribution in [0.2, 0.25) is 0 Å². The van der Waals surface area contributed by atoms with Crippen molar-refractivity contribution in [3.8, 4) is 0 Å². The first kappa shape index (κ1) is 9.87. The molecule has 0 spiro atoms. The summed E-state index contributed by atoms with van der Waals surface area (Å²) in [6.07, 6.45) is 2.19. The predicted octanol–water partition coefficient (Wildman–Crippen LogP) is 1.91. The van der Waals surface area contributed by atoms with E-state index in [1.165, 1.54) is 5.56 Å². The summed E-state index contributed by atoms with van der Waals surface area (Å²) in [6, 6.07) is 8.34. The molecule has 0 aliphatic carbocycles. The van der Waals surface area contributed by atoms with Gasteiger partial charge in [0.2, 0.25) is 0 Å². The van der Waals surface area contributed by atoms with Gasteiger partial charge >= 0.3 is 0 Å². The minimum absolute atomic E-state index is 0.840. The van der Waals surface area contributed by atoms with Crippen LogP contribution in [-0.2, 0) is 4.74 Å². The Hall–Kier alpha value is -0.670. The molecule has 1 saturated heterocycles. The Morgan fingerprint density at radius 1 is 1.14 bits per heavy atom. The molecule has 1 aliphatic rings. The van der Waals surface area contributed by atoms with Crippen LogP contribution in [0.1, 0.15) is 5.56 Å². The first-order chi connectivity index (χ1) is 6.84. The Morgan fingerprint density at radius 3 is 2.43 bits per heavy atom. The molecule has 0 radical (unpaired) electrons. The molecular weight excluding hydrogens is 242 g/mol. The maximum atomic E-state index is 5.29. The van der Waals surface area contributed by atoms with Gasteiger partial charge in [-0.05, 0) is 24.3 Å². The molecular formula is C11H13BrNO+. The van der Waals surface area contributed by atoms with Gasteiger partial charge in [-0.25, -0.2) is 4.58 Å². The molecule has 0 N–H and O–H groups in total. The van der Waals surface area contributed by atoms with E-state index in [0.717, 1.165) is 30.8 Å². The molecule has 14 heavy (non-hydrogen) atoms. The van der Waals surface area contributed by atoms with Crippen LogP contribution in [0.25, 0.3) is 0 Å². The number of benzene rings is 1. The molecule has 3 heteroatoms. The summed E-state index contributed by atoms with van der Waals surface area (Å²) < 4.78 is 8.71. The van der Waals surface area contributed by atoms with Crippen molar-refractivity contribution in [1.29, 1.82) is 0 Å². The van der Waals surface area contributed by atoms with Gasteiger partial charge in [0.05, 0.1) is 0 Å². The van der Waals surface area contributed by atoms with E-state index < -0.39 is 0 Å². The normalized spacial score (nSPS) is 16.8. The van der Waals surface area contributed by atoms with E-state index >= 15 is 0 Å². The molecule has 1 aromatic carbocycles. The molecule has 2 rings (SSSR count). The first-order valence-electron chi connectivity index (χ1n) is 4.77. The number of halogens is 1. The molecule has 1 heterocycles. The standard InChI is InChI=1S/C11H13BrNO/c12-11-3-1-10(2-4-11)9-13-5-7-14-8-6-13/h1-4,9H,5-8H2/q+1. The topological polar surface area (TPSA) is 12.2 Å². The molecule has 1 aromatic rings. The highest BCUT2D eigenvalue weighted by molar-refractivity contribution is 9.10. The molecule has 0 bridgehead atoms. The van der Waals surface area contributed by atoms with Gasteiger partial charge in [-0.1, -0.05) is 15.9 Å². The van der Waals surface area contributed by atoms with Crippen molar-refractivity contribution in [2.24, 2.45) is 0 Å². The first-order valence-corrected chi connectivity index (χ1v) is 5.56. The van der Waals surface area contributed by atoms with E-state index in [1.807, 2.05) is 0 Å². The third kappa shape index (κ3) is 2.66. The summed E-state index contributed by atoms with van der Waals surface area (Å²) in [4.78, 5) is 0. The lowest BCUT2D eigenvalue weighted by Gasteiger charge is -2.10. The van der Waals surface area contributed by atoms with Gasteiger partial charge in [-0.3, -0.25) is 0 Å². The van der Waals surface area contributed by atoms with E-state index in [0.29, 0.717) is 0 Å². The fourth-order valence-electron chi connectivity index (χ4n) is 1.47. The SMILES string of the molecule is Brc1ccc(C=[N+]2CCOCC2)cc1. The number of ether oxygens (including phenoxy) is 1. The lowest BCUT2D eigenvalue weighted by molar-refractivity contribution is -0.544. The molecule has 0 aromatic heterocycles. The Labute approximate surface area is 92.3 Å². The molecule has 1 aliphatic heterocycles. The van der Waals surface area contributed by atoms with Gasteiger partial charge < -0.3 is 4.74 Å². The number of hydrogen-bond donors (Lipinski definition) is 0. The lowest BCUT2D eigenvalue weighted by Crippen LogP contribution is -2.29. The van der Waals surface area contributed by atoms with Gasteiger partial charge in [0, 0.05) is 10.0 Å². The van der Waals surface area contributed by atoms with Crippen LogP contribution in [0.3, 0.4) is 0 Å². The quantitative estimate of drug-likeness (QED) is 0.698. The second-order valence-corrected chi connectivity index (χ2v) is 4.24. The zero-order chi connectivity index (χ0) is 9.80. The number of rotatable bonds is 1. The van der Waals surface area contributed by atoms with Crippen molar-refractivity contribution < 1.29 is 9.31 Å².